The van der Waals surface area contributed by atoms with Crippen LogP contribution in [0.25, 0.3) is 0 Å². The summed E-state index contributed by atoms with van der Waals surface area (Å²) in [4.78, 5) is 0.365. The van der Waals surface area contributed by atoms with Crippen molar-refractivity contribution in [2.75, 3.05) is 26.2 Å². The third kappa shape index (κ3) is 9.54. The molecular weight excluding hydrogens is 624 g/mol. The van der Waals surface area contributed by atoms with Crippen LogP contribution in [-0.2, 0) is 19.1 Å². The summed E-state index contributed by atoms with van der Waals surface area (Å²) in [6.07, 6.45) is 0.833. The van der Waals surface area contributed by atoms with E-state index in [-0.39, 0.29) is 22.4 Å². The topological polar surface area (TPSA) is 124 Å². The Kier molecular flexibility index (Phi) is 11.2. The number of sulfonamides is 1. The molecule has 0 saturated carbocycles. The van der Waals surface area contributed by atoms with Crippen LogP contribution in [0.15, 0.2) is 67.3 Å². The Hall–Kier alpha value is -0.570. The number of nitrogens with zero attached hydrogens (tertiary/aromatic N) is 1. The molecule has 33 heavy (non-hydrogen) atoms. The van der Waals surface area contributed by atoms with Gasteiger partial charge in [-0.15, -0.1) is 0 Å². The smallest absolute Gasteiger partial charge is 0.261 e. The predicted octanol–water partition coefficient (Wildman–Crippen LogP) is 2.92. The van der Waals surface area contributed by atoms with Gasteiger partial charge in [0.05, 0.1) is 22.0 Å². The molecule has 2 aliphatic rings. The van der Waals surface area contributed by atoms with Gasteiger partial charge in [0.1, 0.15) is 0 Å². The highest BCUT2D eigenvalue weighted by Gasteiger charge is 2.31. The molecular formula is C20H25Br2ClN2O6S2. The van der Waals surface area contributed by atoms with Gasteiger partial charge in [0.15, 0.2) is 0 Å². The van der Waals surface area contributed by atoms with E-state index in [1.54, 1.807) is 36.4 Å². The summed E-state index contributed by atoms with van der Waals surface area (Å²) in [5.74, 6) is 0. The quantitative estimate of drug-likeness (QED) is 0.438. The van der Waals surface area contributed by atoms with Crippen LogP contribution in [0.5, 0.6) is 0 Å². The normalized spacial score (nSPS) is 21.0. The Morgan fingerprint density at radius 1 is 0.909 bits per heavy atom. The van der Waals surface area contributed by atoms with Gasteiger partial charge >= 0.3 is 0 Å². The molecule has 4 rings (SSSR count). The number of β-amino-alcohol motifs (C(OH)–C–C–N with tert-alkyl or cyclic N) is 2. The molecule has 2 aliphatic heterocycles. The average molecular weight is 649 g/mol. The summed E-state index contributed by atoms with van der Waals surface area (Å²) < 4.78 is 48.5. The number of hydrogen-bond donors (Lipinski definition) is 3. The van der Waals surface area contributed by atoms with Crippen molar-refractivity contribution in [2.24, 2.45) is 0 Å². The van der Waals surface area contributed by atoms with E-state index in [1.807, 2.05) is 0 Å². The zero-order valence-electron chi connectivity index (χ0n) is 17.4. The molecule has 0 bridgehead atoms. The molecule has 3 N–H and O–H groups in total. The highest BCUT2D eigenvalue weighted by molar-refractivity contribution is 9.10. The number of nitrogens with one attached hydrogen (secondary N) is 1. The van der Waals surface area contributed by atoms with Crippen molar-refractivity contribution in [2.45, 2.75) is 34.8 Å². The molecule has 2 heterocycles. The van der Waals surface area contributed by atoms with Crippen molar-refractivity contribution in [3.05, 3.63) is 57.5 Å². The summed E-state index contributed by atoms with van der Waals surface area (Å²) in [5.41, 5.74) is 0. The second kappa shape index (κ2) is 12.9. The van der Waals surface area contributed by atoms with Crippen LogP contribution >= 0.6 is 42.5 Å². The van der Waals surface area contributed by atoms with Crippen molar-refractivity contribution >= 4 is 61.6 Å². The fraction of sp³-hybridized carbons (Fsp3) is 0.400. The number of rotatable bonds is 3. The van der Waals surface area contributed by atoms with Gasteiger partial charge < -0.3 is 15.5 Å². The second-order valence-corrected chi connectivity index (χ2v) is 13.6. The van der Waals surface area contributed by atoms with Crippen molar-refractivity contribution in [3.8, 4) is 0 Å². The van der Waals surface area contributed by atoms with Crippen molar-refractivity contribution in [1.82, 2.24) is 9.62 Å². The molecule has 2 aromatic rings. The molecule has 2 unspecified atom stereocenters. The third-order valence-electron chi connectivity index (χ3n) is 4.67. The molecule has 2 atom stereocenters. The lowest BCUT2D eigenvalue weighted by atomic mass is 10.3. The molecule has 0 spiro atoms. The minimum atomic E-state index is -3.58. The van der Waals surface area contributed by atoms with E-state index in [1.165, 1.54) is 16.4 Å². The van der Waals surface area contributed by atoms with Gasteiger partial charge in [-0.05, 0) is 55.8 Å². The molecule has 2 saturated heterocycles. The summed E-state index contributed by atoms with van der Waals surface area (Å²) in [6.45, 7) is 2.35. The van der Waals surface area contributed by atoms with Crippen LogP contribution in [0, 0.1) is 0 Å². The van der Waals surface area contributed by atoms with Gasteiger partial charge in [-0.1, -0.05) is 44.0 Å². The molecule has 2 aromatic carbocycles. The Morgan fingerprint density at radius 2 is 1.48 bits per heavy atom. The van der Waals surface area contributed by atoms with E-state index in [9.17, 15) is 21.9 Å². The van der Waals surface area contributed by atoms with Crippen LogP contribution in [0.4, 0.5) is 0 Å². The van der Waals surface area contributed by atoms with E-state index in [0.717, 1.165) is 24.0 Å². The van der Waals surface area contributed by atoms with Gasteiger partial charge in [0.25, 0.3) is 9.05 Å². The minimum Gasteiger partial charge on any atom is -0.392 e. The molecule has 0 amide bonds. The SMILES string of the molecule is O=S(=O)(Cl)c1cccc(Br)c1.O=S(=O)(c1cccc(Br)c1)N1CCC(O)C1.OC1CCNC1. The van der Waals surface area contributed by atoms with Crippen molar-refractivity contribution in [1.29, 1.82) is 0 Å². The summed E-state index contributed by atoms with van der Waals surface area (Å²) in [5, 5.41) is 21.0. The van der Waals surface area contributed by atoms with Crippen LogP contribution in [0.1, 0.15) is 12.8 Å². The van der Waals surface area contributed by atoms with Crippen molar-refractivity contribution in [3.63, 3.8) is 0 Å². The monoisotopic (exact) mass is 646 g/mol. The number of halogens is 3. The highest BCUT2D eigenvalue weighted by Crippen LogP contribution is 2.23. The van der Waals surface area contributed by atoms with Gasteiger partial charge in [-0.25, -0.2) is 16.8 Å². The predicted molar refractivity (Wildman–Crippen MR) is 134 cm³/mol. The fourth-order valence-corrected chi connectivity index (χ4v) is 6.40. The minimum absolute atomic E-state index is 0.0648. The molecule has 8 nitrogen and oxygen atoms in total. The first-order chi connectivity index (χ1) is 15.4. The lowest BCUT2D eigenvalue weighted by Crippen LogP contribution is -2.29. The Balaban J connectivity index is 0.000000195. The molecule has 184 valence electrons. The van der Waals surface area contributed by atoms with E-state index in [0.29, 0.717) is 17.4 Å². The van der Waals surface area contributed by atoms with Gasteiger partial charge in [-0.2, -0.15) is 4.31 Å². The van der Waals surface area contributed by atoms with Gasteiger partial charge in [0.2, 0.25) is 10.0 Å². The Morgan fingerprint density at radius 3 is 1.85 bits per heavy atom. The van der Waals surface area contributed by atoms with E-state index < -0.39 is 25.2 Å². The largest absolute Gasteiger partial charge is 0.392 e. The first-order valence-corrected chi connectivity index (χ1v) is 15.3. The standard InChI is InChI=1S/C10H12BrNO3S.C6H4BrClO2S.C4H9NO/c11-8-2-1-3-10(6-8)16(14,15)12-5-4-9(13)7-12;7-5-2-1-3-6(4-5)11(8,9)10;6-4-1-2-5-3-4/h1-3,6,9,13H,4-5,7H2;1-4H;4-6H,1-3H2. The van der Waals surface area contributed by atoms with Gasteiger partial charge in [0, 0.05) is 39.3 Å². The van der Waals surface area contributed by atoms with Crippen LogP contribution < -0.4 is 5.32 Å². The zero-order valence-corrected chi connectivity index (χ0v) is 23.0. The average Bonchev–Trinajstić information content (AvgIpc) is 3.40. The maximum atomic E-state index is 12.1. The zero-order chi connectivity index (χ0) is 24.6. The Bertz CT molecular complexity index is 1130. The Labute approximate surface area is 215 Å². The van der Waals surface area contributed by atoms with Crippen LogP contribution in [0.2, 0.25) is 0 Å². The molecule has 2 fully saturated rings. The lowest BCUT2D eigenvalue weighted by Gasteiger charge is -2.15. The third-order valence-corrected chi connectivity index (χ3v) is 8.87. The molecule has 0 aliphatic carbocycles. The molecule has 0 radical (unpaired) electrons. The molecule has 13 heteroatoms. The first kappa shape index (κ1) is 28.7. The fourth-order valence-electron chi connectivity index (χ4n) is 2.96. The first-order valence-electron chi connectivity index (χ1n) is 9.92. The summed E-state index contributed by atoms with van der Waals surface area (Å²) in [6, 6.07) is 12.8. The molecule has 0 aromatic heterocycles. The van der Waals surface area contributed by atoms with E-state index in [4.69, 9.17) is 15.8 Å². The summed E-state index contributed by atoms with van der Waals surface area (Å²) in [7, 11) is -1.95. The lowest BCUT2D eigenvalue weighted by molar-refractivity contribution is 0.189. The number of hydrogen-bond acceptors (Lipinski definition) is 7. The second-order valence-electron chi connectivity index (χ2n) is 7.30. The number of benzene rings is 2. The van der Waals surface area contributed by atoms with Gasteiger partial charge in [-0.3, -0.25) is 0 Å². The van der Waals surface area contributed by atoms with Crippen LogP contribution in [0.3, 0.4) is 0 Å². The number of aliphatic hydroxyl groups excluding tert-OH is 2. The van der Waals surface area contributed by atoms with Crippen LogP contribution in [-0.4, -0.2) is 69.7 Å². The number of aliphatic hydroxyl groups is 2. The van der Waals surface area contributed by atoms with Crippen molar-refractivity contribution < 1.29 is 27.0 Å². The van der Waals surface area contributed by atoms with E-state index >= 15 is 0 Å². The maximum Gasteiger partial charge on any atom is 0.261 e. The highest BCUT2D eigenvalue weighted by atomic mass is 79.9. The maximum absolute atomic E-state index is 12.1. The summed E-state index contributed by atoms with van der Waals surface area (Å²) >= 11 is 6.37. The van der Waals surface area contributed by atoms with E-state index in [2.05, 4.69) is 37.2 Å².